The normalized spacial score (nSPS) is 17.4. The second-order valence-corrected chi connectivity index (χ2v) is 12.1. The van der Waals surface area contributed by atoms with Gasteiger partial charge in [-0.25, -0.2) is 4.79 Å². The minimum atomic E-state index is -1.79. The van der Waals surface area contributed by atoms with Crippen LogP contribution in [0.2, 0.25) is 18.1 Å². The van der Waals surface area contributed by atoms with Gasteiger partial charge in [0.15, 0.2) is 13.4 Å². The van der Waals surface area contributed by atoms with Crippen LogP contribution in [0.25, 0.3) is 0 Å². The highest BCUT2D eigenvalue weighted by Gasteiger charge is 2.39. The van der Waals surface area contributed by atoms with Crippen molar-refractivity contribution in [1.82, 2.24) is 10.6 Å². The van der Waals surface area contributed by atoms with Crippen LogP contribution in [0.3, 0.4) is 0 Å². The van der Waals surface area contributed by atoms with Gasteiger partial charge in [-0.3, -0.25) is 5.32 Å². The highest BCUT2D eigenvalue weighted by atomic mass is 32.1. The van der Waals surface area contributed by atoms with Crippen LogP contribution in [0.1, 0.15) is 33.6 Å². The monoisotopic (exact) mass is 318 g/mol. The number of carbonyl (C=O) groups is 1. The number of rotatable bonds is 5. The molecule has 20 heavy (non-hydrogen) atoms. The Kier molecular flexibility index (Phi) is 5.57. The zero-order valence-corrected chi connectivity index (χ0v) is 14.8. The number of thiocarbonyl (C=S) groups is 1. The zero-order valence-electron chi connectivity index (χ0n) is 12.9. The highest BCUT2D eigenvalue weighted by Crippen LogP contribution is 2.38. The van der Waals surface area contributed by atoms with Gasteiger partial charge in [-0.05, 0) is 49.1 Å². The van der Waals surface area contributed by atoms with Gasteiger partial charge in [0.1, 0.15) is 0 Å². The van der Waals surface area contributed by atoms with E-state index in [4.69, 9.17) is 21.8 Å². The first-order valence-electron chi connectivity index (χ1n) is 6.97. The van der Waals surface area contributed by atoms with Gasteiger partial charge in [0, 0.05) is 0 Å². The number of carboxylic acid groups (broad SMARTS) is 1. The molecule has 0 heterocycles. The first-order valence-corrected chi connectivity index (χ1v) is 10.3. The van der Waals surface area contributed by atoms with E-state index in [1.54, 1.807) is 0 Å². The van der Waals surface area contributed by atoms with Crippen molar-refractivity contribution in [3.8, 4) is 0 Å². The van der Waals surface area contributed by atoms with E-state index in [1.165, 1.54) is 0 Å². The Balaban J connectivity index is 2.52. The van der Waals surface area contributed by atoms with E-state index in [9.17, 15) is 4.79 Å². The molecule has 1 amide bonds. The van der Waals surface area contributed by atoms with Gasteiger partial charge < -0.3 is 14.8 Å². The fourth-order valence-corrected chi connectivity index (χ4v) is 2.88. The van der Waals surface area contributed by atoms with Crippen LogP contribution in [0.4, 0.5) is 4.79 Å². The maximum Gasteiger partial charge on any atom is 0.410 e. The van der Waals surface area contributed by atoms with Crippen LogP contribution in [0.5, 0.6) is 0 Å². The van der Waals surface area contributed by atoms with Crippen molar-refractivity contribution < 1.29 is 14.3 Å². The third kappa shape index (κ3) is 5.38. The molecule has 1 rings (SSSR count). The average Bonchev–Trinajstić information content (AvgIpc) is 3.04. The predicted octanol–water partition coefficient (Wildman–Crippen LogP) is 2.93. The maximum atomic E-state index is 10.6. The Hall–Kier alpha value is -0.663. The zero-order chi connectivity index (χ0) is 15.6. The fourth-order valence-electron chi connectivity index (χ4n) is 1.61. The summed E-state index contributed by atoms with van der Waals surface area (Å²) in [7, 11) is -1.79. The third-order valence-electron chi connectivity index (χ3n) is 4.16. The largest absolute Gasteiger partial charge is 0.465 e. The van der Waals surface area contributed by atoms with Gasteiger partial charge in [-0.15, -0.1) is 0 Å². The van der Waals surface area contributed by atoms with Crippen molar-refractivity contribution >= 4 is 31.7 Å². The lowest BCUT2D eigenvalue weighted by atomic mass is 10.2. The number of nitrogens with one attached hydrogen (secondary N) is 2. The maximum absolute atomic E-state index is 10.6. The minimum absolute atomic E-state index is 0.100. The molecule has 116 valence electrons. The molecule has 5 nitrogen and oxygen atoms in total. The molecule has 0 bridgehead atoms. The second-order valence-electron chi connectivity index (χ2n) is 6.92. The lowest BCUT2D eigenvalue weighted by Crippen LogP contribution is -2.50. The molecule has 0 aromatic carbocycles. The molecule has 0 saturated heterocycles. The van der Waals surface area contributed by atoms with Crippen molar-refractivity contribution in [2.75, 3.05) is 6.61 Å². The van der Waals surface area contributed by atoms with Crippen molar-refractivity contribution in [2.45, 2.75) is 57.8 Å². The van der Waals surface area contributed by atoms with E-state index in [-0.39, 0.29) is 16.2 Å². The van der Waals surface area contributed by atoms with Crippen LogP contribution >= 0.6 is 12.2 Å². The van der Waals surface area contributed by atoms with Crippen LogP contribution in [0, 0.1) is 5.92 Å². The van der Waals surface area contributed by atoms with Crippen LogP contribution in [-0.4, -0.2) is 37.3 Å². The Morgan fingerprint density at radius 3 is 2.40 bits per heavy atom. The van der Waals surface area contributed by atoms with Crippen molar-refractivity contribution in [1.29, 1.82) is 0 Å². The summed E-state index contributed by atoms with van der Waals surface area (Å²) < 4.78 is 6.20. The highest BCUT2D eigenvalue weighted by molar-refractivity contribution is 7.80. The minimum Gasteiger partial charge on any atom is -0.465 e. The third-order valence-corrected chi connectivity index (χ3v) is 8.88. The van der Waals surface area contributed by atoms with Crippen LogP contribution in [0.15, 0.2) is 0 Å². The van der Waals surface area contributed by atoms with Crippen molar-refractivity contribution in [3.63, 3.8) is 0 Å². The Labute approximate surface area is 127 Å². The van der Waals surface area contributed by atoms with Crippen molar-refractivity contribution in [2.24, 2.45) is 5.92 Å². The Morgan fingerprint density at radius 1 is 1.45 bits per heavy atom. The van der Waals surface area contributed by atoms with E-state index in [1.807, 2.05) is 0 Å². The van der Waals surface area contributed by atoms with Crippen LogP contribution < -0.4 is 10.6 Å². The van der Waals surface area contributed by atoms with Gasteiger partial charge >= 0.3 is 6.09 Å². The van der Waals surface area contributed by atoms with E-state index < -0.39 is 14.4 Å². The topological polar surface area (TPSA) is 70.6 Å². The predicted molar refractivity (Wildman–Crippen MR) is 86.6 cm³/mol. The van der Waals surface area contributed by atoms with E-state index in [0.29, 0.717) is 12.5 Å². The lowest BCUT2D eigenvalue weighted by molar-refractivity contribution is 0.199. The molecule has 1 atom stereocenters. The molecule has 0 aliphatic heterocycles. The molecule has 7 heteroatoms. The van der Waals surface area contributed by atoms with Crippen LogP contribution in [-0.2, 0) is 4.43 Å². The first-order chi connectivity index (χ1) is 9.03. The van der Waals surface area contributed by atoms with Gasteiger partial charge in [0.2, 0.25) is 0 Å². The molecule has 3 N–H and O–H groups in total. The first kappa shape index (κ1) is 17.4. The van der Waals surface area contributed by atoms with E-state index in [2.05, 4.69) is 44.5 Å². The summed E-state index contributed by atoms with van der Waals surface area (Å²) in [6.07, 6.45) is 1.16. The standard InChI is InChI=1S/C13H26N2O3SSi/c1-13(2,3)20(4,5)18-8-10(9-6-7-9)14-11(19)15-12(16)17/h9-10H,6-8H2,1-5H3,(H,16,17)(H2,14,15,19). The summed E-state index contributed by atoms with van der Waals surface area (Å²) in [5.74, 6) is 0.535. The summed E-state index contributed by atoms with van der Waals surface area (Å²) in [5, 5.41) is 14.2. The van der Waals surface area contributed by atoms with Crippen molar-refractivity contribution in [3.05, 3.63) is 0 Å². The molecule has 1 aliphatic rings. The Morgan fingerprint density at radius 2 is 2.00 bits per heavy atom. The lowest BCUT2D eigenvalue weighted by Gasteiger charge is -2.37. The van der Waals surface area contributed by atoms with Gasteiger partial charge in [0.25, 0.3) is 0 Å². The van der Waals surface area contributed by atoms with Gasteiger partial charge in [-0.1, -0.05) is 20.8 Å². The van der Waals surface area contributed by atoms with Gasteiger partial charge in [0.05, 0.1) is 12.6 Å². The molecular formula is C13H26N2O3SSi. The molecule has 1 saturated carbocycles. The summed E-state index contributed by atoms with van der Waals surface area (Å²) in [6.45, 7) is 11.6. The smallest absolute Gasteiger partial charge is 0.410 e. The van der Waals surface area contributed by atoms with Gasteiger partial charge in [-0.2, -0.15) is 0 Å². The molecule has 1 fully saturated rings. The fraction of sp³-hybridized carbons (Fsp3) is 0.846. The second kappa shape index (κ2) is 6.40. The average molecular weight is 319 g/mol. The molecule has 1 aliphatic carbocycles. The molecule has 0 aromatic rings. The molecule has 0 aromatic heterocycles. The number of hydrogen-bond acceptors (Lipinski definition) is 3. The Bertz CT molecular complexity index is 378. The molecule has 0 radical (unpaired) electrons. The molecule has 1 unspecified atom stereocenters. The van der Waals surface area contributed by atoms with E-state index >= 15 is 0 Å². The summed E-state index contributed by atoms with van der Waals surface area (Å²) in [4.78, 5) is 10.6. The molecule has 0 spiro atoms. The number of hydrogen-bond donors (Lipinski definition) is 3. The summed E-state index contributed by atoms with van der Waals surface area (Å²) >= 11 is 4.99. The summed E-state index contributed by atoms with van der Waals surface area (Å²) in [5.41, 5.74) is 0. The summed E-state index contributed by atoms with van der Waals surface area (Å²) in [6, 6.07) is 0.100. The SMILES string of the molecule is CC(C)(C)[Si](C)(C)OCC(NC(=S)NC(=O)O)C1CC1. The number of amides is 1. The quantitative estimate of drug-likeness (QED) is 0.537. The van der Waals surface area contributed by atoms with E-state index in [0.717, 1.165) is 12.8 Å². The molecular weight excluding hydrogens is 292 g/mol.